The molecule has 0 saturated heterocycles. The standard InChI is InChI=1S/C31H35ClF4N4O4/c1-18(10-11-38-17-41)44-27-9-7-20(13-28(27)43-5)29(42)39-16-22(31(34,35)36)26-15-21(30(2,3)37-4)14-25(40-26)19-6-8-24(33)23(32)12-19/h6-9,12-15,17-18,22,37H,10-11,16H2,1-5H3,(H,38,41)(H,39,42). The number of benzene rings is 2. The van der Waals surface area contributed by atoms with E-state index < -0.39 is 35.9 Å². The molecule has 1 heterocycles. The minimum Gasteiger partial charge on any atom is -0.493 e. The Balaban J connectivity index is 1.90. The van der Waals surface area contributed by atoms with Crippen molar-refractivity contribution in [1.82, 2.24) is 20.9 Å². The zero-order valence-corrected chi connectivity index (χ0v) is 25.7. The average molecular weight is 639 g/mol. The van der Waals surface area contributed by atoms with Crippen molar-refractivity contribution in [3.63, 3.8) is 0 Å². The Kier molecular flexibility index (Phi) is 11.6. The second-order valence-corrected chi connectivity index (χ2v) is 11.0. The van der Waals surface area contributed by atoms with Gasteiger partial charge in [0.05, 0.1) is 29.6 Å². The number of amides is 2. The highest BCUT2D eigenvalue weighted by Crippen LogP contribution is 2.37. The minimum atomic E-state index is -4.77. The highest BCUT2D eigenvalue weighted by Gasteiger charge is 2.42. The van der Waals surface area contributed by atoms with Crippen molar-refractivity contribution in [2.75, 3.05) is 27.2 Å². The third kappa shape index (κ3) is 8.82. The van der Waals surface area contributed by atoms with Crippen molar-refractivity contribution in [2.45, 2.75) is 50.9 Å². The van der Waals surface area contributed by atoms with Gasteiger partial charge in [-0.3, -0.25) is 14.6 Å². The molecular formula is C31H35ClF4N4O4. The lowest BCUT2D eigenvalue weighted by Crippen LogP contribution is -2.37. The smallest absolute Gasteiger partial charge is 0.398 e. The molecule has 3 aromatic rings. The van der Waals surface area contributed by atoms with E-state index in [4.69, 9.17) is 21.1 Å². The van der Waals surface area contributed by atoms with Crippen LogP contribution in [0.25, 0.3) is 11.3 Å². The van der Waals surface area contributed by atoms with Gasteiger partial charge in [0.15, 0.2) is 11.5 Å². The number of hydrogen-bond acceptors (Lipinski definition) is 6. The predicted octanol–water partition coefficient (Wildman–Crippen LogP) is 5.98. The van der Waals surface area contributed by atoms with Crippen molar-refractivity contribution in [3.8, 4) is 22.8 Å². The molecule has 2 unspecified atom stereocenters. The van der Waals surface area contributed by atoms with E-state index in [9.17, 15) is 27.2 Å². The van der Waals surface area contributed by atoms with Crippen LogP contribution in [0.2, 0.25) is 5.02 Å². The molecule has 0 aliphatic carbocycles. The molecule has 2 amide bonds. The maximum absolute atomic E-state index is 14.5. The Morgan fingerprint density at radius 1 is 1.09 bits per heavy atom. The fourth-order valence-electron chi connectivity index (χ4n) is 4.25. The Bertz CT molecular complexity index is 1470. The van der Waals surface area contributed by atoms with E-state index in [1.54, 1.807) is 33.9 Å². The van der Waals surface area contributed by atoms with Crippen LogP contribution < -0.4 is 25.4 Å². The third-order valence-corrected chi connectivity index (χ3v) is 7.45. The van der Waals surface area contributed by atoms with Crippen LogP contribution >= 0.6 is 11.6 Å². The number of carbonyl (C=O) groups is 2. The number of methoxy groups -OCH3 is 1. The van der Waals surface area contributed by atoms with E-state index in [0.29, 0.717) is 36.3 Å². The van der Waals surface area contributed by atoms with Crippen molar-refractivity contribution >= 4 is 23.9 Å². The minimum absolute atomic E-state index is 0.0602. The number of rotatable bonds is 14. The van der Waals surface area contributed by atoms with Gasteiger partial charge in [-0.05, 0) is 81.9 Å². The molecule has 0 aliphatic heterocycles. The normalized spacial score (nSPS) is 13.1. The molecule has 3 N–H and O–H groups in total. The SMILES string of the molecule is CNC(C)(C)c1cc(-c2ccc(F)c(Cl)c2)nc(C(CNC(=O)c2ccc(OC(C)CCNC=O)c(OC)c2)C(F)(F)F)c1. The summed E-state index contributed by atoms with van der Waals surface area (Å²) in [5.41, 5.74) is -0.0191. The summed E-state index contributed by atoms with van der Waals surface area (Å²) in [6, 6.07) is 11.0. The lowest BCUT2D eigenvalue weighted by molar-refractivity contribution is -0.149. The summed E-state index contributed by atoms with van der Waals surface area (Å²) in [4.78, 5) is 27.8. The van der Waals surface area contributed by atoms with Crippen LogP contribution in [0.15, 0.2) is 48.5 Å². The number of ether oxygens (including phenoxy) is 2. The molecule has 3 rings (SSSR count). The van der Waals surface area contributed by atoms with E-state index in [0.717, 1.165) is 6.07 Å². The molecule has 1 aromatic heterocycles. The number of nitrogens with one attached hydrogen (secondary N) is 3. The second-order valence-electron chi connectivity index (χ2n) is 10.6. The van der Waals surface area contributed by atoms with Gasteiger partial charge in [-0.2, -0.15) is 13.2 Å². The summed E-state index contributed by atoms with van der Waals surface area (Å²) in [7, 11) is 3.05. The maximum atomic E-state index is 14.5. The lowest BCUT2D eigenvalue weighted by Gasteiger charge is -2.28. The summed E-state index contributed by atoms with van der Waals surface area (Å²) in [6.07, 6.45) is -3.97. The maximum Gasteiger partial charge on any atom is 0.398 e. The highest BCUT2D eigenvalue weighted by atomic mass is 35.5. The van der Waals surface area contributed by atoms with Crippen LogP contribution in [0.5, 0.6) is 11.5 Å². The first-order valence-electron chi connectivity index (χ1n) is 13.7. The number of aromatic nitrogens is 1. The molecule has 0 fully saturated rings. The molecule has 238 valence electrons. The Labute approximate surface area is 258 Å². The molecule has 0 spiro atoms. The van der Waals surface area contributed by atoms with Gasteiger partial charge in [0.1, 0.15) is 11.7 Å². The summed E-state index contributed by atoms with van der Waals surface area (Å²) in [5.74, 6) is -3.05. The van der Waals surface area contributed by atoms with Gasteiger partial charge >= 0.3 is 6.18 Å². The summed E-state index contributed by atoms with van der Waals surface area (Å²) < 4.78 is 68.4. The second kappa shape index (κ2) is 14.7. The van der Waals surface area contributed by atoms with Gasteiger partial charge in [0, 0.05) is 36.2 Å². The van der Waals surface area contributed by atoms with E-state index in [1.807, 2.05) is 0 Å². The van der Waals surface area contributed by atoms with E-state index >= 15 is 0 Å². The largest absolute Gasteiger partial charge is 0.493 e. The van der Waals surface area contributed by atoms with Crippen molar-refractivity contribution in [3.05, 3.63) is 76.2 Å². The molecule has 0 saturated carbocycles. The number of nitrogens with zero attached hydrogens (tertiary/aromatic N) is 1. The first-order chi connectivity index (χ1) is 20.7. The van der Waals surface area contributed by atoms with Gasteiger partial charge in [-0.25, -0.2) is 4.39 Å². The summed E-state index contributed by atoms with van der Waals surface area (Å²) >= 11 is 5.95. The number of alkyl halides is 3. The lowest BCUT2D eigenvalue weighted by atomic mass is 9.90. The first kappa shape index (κ1) is 34.6. The molecule has 0 aliphatic rings. The molecular weight excluding hydrogens is 604 g/mol. The fraction of sp³-hybridized carbons (Fsp3) is 0.387. The van der Waals surface area contributed by atoms with Crippen molar-refractivity contribution in [1.29, 1.82) is 0 Å². The van der Waals surface area contributed by atoms with Crippen LogP contribution in [0.1, 0.15) is 54.7 Å². The van der Waals surface area contributed by atoms with E-state index in [2.05, 4.69) is 20.9 Å². The zero-order valence-electron chi connectivity index (χ0n) is 24.9. The highest BCUT2D eigenvalue weighted by molar-refractivity contribution is 6.31. The fourth-order valence-corrected chi connectivity index (χ4v) is 4.43. The van der Waals surface area contributed by atoms with Crippen molar-refractivity contribution in [2.24, 2.45) is 0 Å². The molecule has 8 nitrogen and oxygen atoms in total. The summed E-state index contributed by atoms with van der Waals surface area (Å²) in [5, 5.41) is 7.79. The summed E-state index contributed by atoms with van der Waals surface area (Å²) in [6.45, 7) is 4.98. The molecule has 0 radical (unpaired) electrons. The third-order valence-electron chi connectivity index (χ3n) is 7.16. The van der Waals surface area contributed by atoms with Crippen molar-refractivity contribution < 1.29 is 36.6 Å². The predicted molar refractivity (Wildman–Crippen MR) is 160 cm³/mol. The monoisotopic (exact) mass is 638 g/mol. The number of pyridine rings is 1. The topological polar surface area (TPSA) is 102 Å². The Morgan fingerprint density at radius 3 is 2.43 bits per heavy atom. The van der Waals surface area contributed by atoms with E-state index in [-0.39, 0.29) is 33.8 Å². The van der Waals surface area contributed by atoms with Crippen LogP contribution in [0.4, 0.5) is 17.6 Å². The van der Waals surface area contributed by atoms with Gasteiger partial charge in [-0.15, -0.1) is 0 Å². The quantitative estimate of drug-likeness (QED) is 0.114. The van der Waals surface area contributed by atoms with Gasteiger partial charge in [0.2, 0.25) is 6.41 Å². The van der Waals surface area contributed by atoms with Gasteiger partial charge < -0.3 is 25.4 Å². The van der Waals surface area contributed by atoms with Crippen LogP contribution in [0, 0.1) is 5.82 Å². The average Bonchev–Trinajstić information content (AvgIpc) is 2.98. The Morgan fingerprint density at radius 2 is 1.82 bits per heavy atom. The Hall–Kier alpha value is -3.90. The molecule has 2 aromatic carbocycles. The first-order valence-corrected chi connectivity index (χ1v) is 14.1. The number of halogens is 5. The van der Waals surface area contributed by atoms with Gasteiger partial charge in [0.25, 0.3) is 5.91 Å². The van der Waals surface area contributed by atoms with Gasteiger partial charge in [-0.1, -0.05) is 11.6 Å². The number of hydrogen-bond donors (Lipinski definition) is 3. The van der Waals surface area contributed by atoms with Crippen LogP contribution in [-0.2, 0) is 10.3 Å². The van der Waals surface area contributed by atoms with Crippen LogP contribution in [0.3, 0.4) is 0 Å². The molecule has 0 bridgehead atoms. The van der Waals surface area contributed by atoms with Crippen LogP contribution in [-0.4, -0.2) is 56.8 Å². The molecule has 13 heteroatoms. The molecule has 44 heavy (non-hydrogen) atoms. The van der Waals surface area contributed by atoms with E-state index in [1.165, 1.54) is 43.5 Å². The zero-order chi connectivity index (χ0) is 32.7. The molecule has 2 atom stereocenters. The number of carbonyl (C=O) groups excluding carboxylic acids is 2.